The van der Waals surface area contributed by atoms with E-state index in [4.69, 9.17) is 0 Å². The Bertz CT molecular complexity index is 519. The van der Waals surface area contributed by atoms with E-state index in [2.05, 4.69) is 32.2 Å². The van der Waals surface area contributed by atoms with Crippen LogP contribution in [0.5, 0.6) is 0 Å². The second-order valence-electron chi connectivity index (χ2n) is 4.36. The molecule has 0 fully saturated rings. The summed E-state index contributed by atoms with van der Waals surface area (Å²) in [4.78, 5) is 8.49. The highest BCUT2D eigenvalue weighted by atomic mass is 32.2. The molecule has 0 aliphatic rings. The average molecular weight is 301 g/mol. The lowest BCUT2D eigenvalue weighted by atomic mass is 10.4. The zero-order chi connectivity index (χ0) is 15.0. The van der Waals surface area contributed by atoms with Crippen molar-refractivity contribution in [2.24, 2.45) is 0 Å². The lowest BCUT2D eigenvalue weighted by molar-refractivity contribution is 0.584. The van der Waals surface area contributed by atoms with Gasteiger partial charge in [-0.15, -0.1) is 0 Å². The molecule has 3 N–H and O–H groups in total. The van der Waals surface area contributed by atoms with Gasteiger partial charge < -0.3 is 10.6 Å². The Morgan fingerprint density at radius 2 is 1.70 bits per heavy atom. The Kier molecular flexibility index (Phi) is 6.66. The fraction of sp³-hybridized carbons (Fsp3) is 0.667. The summed E-state index contributed by atoms with van der Waals surface area (Å²) < 4.78 is 25.4. The smallest absolute Gasteiger partial charge is 0.213 e. The van der Waals surface area contributed by atoms with Crippen molar-refractivity contribution in [3.05, 3.63) is 11.9 Å². The maximum absolute atomic E-state index is 11.5. The molecule has 0 aliphatic carbocycles. The second-order valence-corrected chi connectivity index (χ2v) is 6.28. The quantitative estimate of drug-likeness (QED) is 0.628. The first-order valence-corrected chi connectivity index (χ1v) is 8.43. The van der Waals surface area contributed by atoms with Crippen LogP contribution in [-0.2, 0) is 10.0 Å². The van der Waals surface area contributed by atoms with Crippen molar-refractivity contribution in [3.63, 3.8) is 0 Å². The van der Waals surface area contributed by atoms with Gasteiger partial charge in [0.25, 0.3) is 0 Å². The van der Waals surface area contributed by atoms with Crippen LogP contribution < -0.4 is 15.4 Å². The Labute approximate surface area is 120 Å². The zero-order valence-corrected chi connectivity index (χ0v) is 13.0. The Balaban J connectivity index is 2.57. The highest BCUT2D eigenvalue weighted by Crippen LogP contribution is 2.10. The van der Waals surface area contributed by atoms with E-state index < -0.39 is 10.0 Å². The first kappa shape index (κ1) is 16.6. The molecule has 0 aliphatic heterocycles. The van der Waals surface area contributed by atoms with Crippen molar-refractivity contribution in [1.29, 1.82) is 0 Å². The first-order valence-electron chi connectivity index (χ1n) is 6.77. The van der Waals surface area contributed by atoms with Gasteiger partial charge in [0.2, 0.25) is 10.0 Å². The molecule has 0 saturated carbocycles. The van der Waals surface area contributed by atoms with Crippen LogP contribution >= 0.6 is 0 Å². The molecule has 8 heteroatoms. The number of aryl methyl sites for hydroxylation is 1. The molecular weight excluding hydrogens is 278 g/mol. The summed E-state index contributed by atoms with van der Waals surface area (Å²) in [6.07, 6.45) is 1.01. The molecule has 0 spiro atoms. The molecule has 114 valence electrons. The van der Waals surface area contributed by atoms with E-state index in [0.29, 0.717) is 24.7 Å². The highest BCUT2D eigenvalue weighted by molar-refractivity contribution is 7.89. The monoisotopic (exact) mass is 301 g/mol. The number of rotatable bonds is 9. The molecule has 1 aromatic heterocycles. The maximum Gasteiger partial charge on any atom is 0.213 e. The van der Waals surface area contributed by atoms with E-state index in [1.165, 1.54) is 0 Å². The number of nitrogens with zero attached hydrogens (tertiary/aromatic N) is 2. The lowest BCUT2D eigenvalue weighted by Crippen LogP contribution is -2.29. The normalized spacial score (nSPS) is 11.3. The molecule has 0 amide bonds. The molecule has 20 heavy (non-hydrogen) atoms. The fourth-order valence-electron chi connectivity index (χ4n) is 1.61. The van der Waals surface area contributed by atoms with Crippen molar-refractivity contribution in [3.8, 4) is 0 Å². The topological polar surface area (TPSA) is 96.0 Å². The standard InChI is InChI=1S/C12H23N5O2S/c1-4-6-13-11-9-12(17-10(3)16-11)14-7-8-20(18,19)15-5-2/h9,15H,4-8H2,1-3H3,(H2,13,14,16,17). The second kappa shape index (κ2) is 8.01. The van der Waals surface area contributed by atoms with Gasteiger partial charge in [-0.3, -0.25) is 0 Å². The van der Waals surface area contributed by atoms with Gasteiger partial charge in [-0.2, -0.15) is 0 Å². The molecule has 0 radical (unpaired) electrons. The molecule has 0 atom stereocenters. The van der Waals surface area contributed by atoms with Crippen LogP contribution in [0.15, 0.2) is 6.07 Å². The SMILES string of the molecule is CCCNc1cc(NCCS(=O)(=O)NCC)nc(C)n1. The minimum absolute atomic E-state index is 0.0155. The molecule has 7 nitrogen and oxygen atoms in total. The van der Waals surface area contributed by atoms with Gasteiger partial charge in [0.15, 0.2) is 0 Å². The van der Waals surface area contributed by atoms with Gasteiger partial charge in [0.05, 0.1) is 5.75 Å². The minimum Gasteiger partial charge on any atom is -0.370 e. The molecule has 1 heterocycles. The number of hydrogen-bond donors (Lipinski definition) is 3. The van der Waals surface area contributed by atoms with Crippen LogP contribution in [0.25, 0.3) is 0 Å². The third kappa shape index (κ3) is 6.16. The summed E-state index contributed by atoms with van der Waals surface area (Å²) in [5, 5.41) is 6.19. The van der Waals surface area contributed by atoms with Crippen LogP contribution in [0.2, 0.25) is 0 Å². The zero-order valence-electron chi connectivity index (χ0n) is 12.2. The molecule has 0 bridgehead atoms. The number of anilines is 2. The summed E-state index contributed by atoms with van der Waals surface area (Å²) in [6, 6.07) is 1.78. The van der Waals surface area contributed by atoms with Crippen molar-refractivity contribution in [2.75, 3.05) is 36.0 Å². The predicted octanol–water partition coefficient (Wildman–Crippen LogP) is 0.958. The average Bonchev–Trinajstić information content (AvgIpc) is 2.35. The van der Waals surface area contributed by atoms with Crippen LogP contribution in [0.1, 0.15) is 26.1 Å². The van der Waals surface area contributed by atoms with E-state index in [-0.39, 0.29) is 5.75 Å². The summed E-state index contributed by atoms with van der Waals surface area (Å²) in [5.41, 5.74) is 0. The van der Waals surface area contributed by atoms with Gasteiger partial charge in [-0.1, -0.05) is 13.8 Å². The van der Waals surface area contributed by atoms with Crippen molar-refractivity contribution in [1.82, 2.24) is 14.7 Å². The number of aromatic nitrogens is 2. The van der Waals surface area contributed by atoms with Crippen molar-refractivity contribution < 1.29 is 8.42 Å². The van der Waals surface area contributed by atoms with Crippen LogP contribution in [0.3, 0.4) is 0 Å². The molecule has 1 aromatic rings. The number of nitrogens with one attached hydrogen (secondary N) is 3. The highest BCUT2D eigenvalue weighted by Gasteiger charge is 2.08. The fourth-order valence-corrected chi connectivity index (χ4v) is 2.56. The number of hydrogen-bond acceptors (Lipinski definition) is 6. The number of sulfonamides is 1. The Hall–Kier alpha value is -1.41. The third-order valence-electron chi connectivity index (χ3n) is 2.44. The lowest BCUT2D eigenvalue weighted by Gasteiger charge is -2.10. The summed E-state index contributed by atoms with van der Waals surface area (Å²) in [6.45, 7) is 7.18. The molecule has 1 rings (SSSR count). The summed E-state index contributed by atoms with van der Waals surface area (Å²) in [7, 11) is -3.21. The van der Waals surface area contributed by atoms with E-state index in [9.17, 15) is 8.42 Å². The van der Waals surface area contributed by atoms with E-state index in [1.807, 2.05) is 0 Å². The van der Waals surface area contributed by atoms with Crippen molar-refractivity contribution in [2.45, 2.75) is 27.2 Å². The van der Waals surface area contributed by atoms with E-state index >= 15 is 0 Å². The summed E-state index contributed by atoms with van der Waals surface area (Å²) >= 11 is 0. The minimum atomic E-state index is -3.21. The van der Waals surface area contributed by atoms with Gasteiger partial charge in [-0.05, 0) is 13.3 Å². The Morgan fingerprint density at radius 3 is 2.25 bits per heavy atom. The molecule has 0 saturated heterocycles. The van der Waals surface area contributed by atoms with E-state index in [1.54, 1.807) is 19.9 Å². The maximum atomic E-state index is 11.5. The first-order chi connectivity index (χ1) is 9.46. The molecule has 0 aromatic carbocycles. The predicted molar refractivity (Wildman–Crippen MR) is 81.5 cm³/mol. The van der Waals surface area contributed by atoms with Crippen LogP contribution in [0.4, 0.5) is 11.6 Å². The van der Waals surface area contributed by atoms with Gasteiger partial charge >= 0.3 is 0 Å². The summed E-state index contributed by atoms with van der Waals surface area (Å²) in [5.74, 6) is 2.03. The molecule has 0 unspecified atom stereocenters. The van der Waals surface area contributed by atoms with E-state index in [0.717, 1.165) is 18.8 Å². The van der Waals surface area contributed by atoms with Crippen LogP contribution in [0, 0.1) is 6.92 Å². The molecular formula is C12H23N5O2S. The van der Waals surface area contributed by atoms with Gasteiger partial charge in [0, 0.05) is 25.7 Å². The Morgan fingerprint density at radius 1 is 1.10 bits per heavy atom. The van der Waals surface area contributed by atoms with Crippen molar-refractivity contribution >= 4 is 21.7 Å². The van der Waals surface area contributed by atoms with Gasteiger partial charge in [0.1, 0.15) is 17.5 Å². The van der Waals surface area contributed by atoms with Gasteiger partial charge in [-0.25, -0.2) is 23.1 Å². The largest absolute Gasteiger partial charge is 0.370 e. The third-order valence-corrected chi connectivity index (χ3v) is 3.91. The van der Waals surface area contributed by atoms with Crippen LogP contribution in [-0.4, -0.2) is 43.8 Å².